The standard InChI is InChI=1S/C29H28ClNO7/c1-5-37-21-13-12-18(14-24(21)38-6-2)31-26(17-10-8-7-9-11-17)25(28(33)29(31)34)27(32)19-15-23(36-4)20(30)16-22(19)35-3/h7-16,26,32H,5-6H2,1-4H3/b27-25+. The highest BCUT2D eigenvalue weighted by atomic mass is 35.5. The van der Waals surface area contributed by atoms with E-state index in [9.17, 15) is 14.7 Å². The first kappa shape index (κ1) is 26.9. The first-order valence-corrected chi connectivity index (χ1v) is 12.4. The van der Waals surface area contributed by atoms with Crippen LogP contribution in [0.15, 0.2) is 66.2 Å². The summed E-state index contributed by atoms with van der Waals surface area (Å²) in [4.78, 5) is 28.4. The third-order valence-electron chi connectivity index (χ3n) is 6.09. The number of Topliss-reactive ketones (excluding diaryl/α,β-unsaturated/α-hetero) is 1. The molecular formula is C29H28ClNO7. The lowest BCUT2D eigenvalue weighted by Crippen LogP contribution is -2.29. The third kappa shape index (κ3) is 4.87. The molecule has 4 rings (SSSR count). The average Bonchev–Trinajstić information content (AvgIpc) is 3.20. The fourth-order valence-corrected chi connectivity index (χ4v) is 4.66. The van der Waals surface area contributed by atoms with Crippen molar-refractivity contribution in [3.63, 3.8) is 0 Å². The van der Waals surface area contributed by atoms with Crippen LogP contribution in [0.2, 0.25) is 5.02 Å². The van der Waals surface area contributed by atoms with Gasteiger partial charge in [0.1, 0.15) is 17.3 Å². The summed E-state index contributed by atoms with van der Waals surface area (Å²) in [5.41, 5.74) is 1.10. The molecule has 3 aromatic rings. The van der Waals surface area contributed by atoms with E-state index >= 15 is 0 Å². The molecule has 0 radical (unpaired) electrons. The summed E-state index contributed by atoms with van der Waals surface area (Å²) in [5, 5.41) is 11.8. The van der Waals surface area contributed by atoms with E-state index in [0.29, 0.717) is 36.0 Å². The van der Waals surface area contributed by atoms with Gasteiger partial charge in [-0.25, -0.2) is 0 Å². The Morgan fingerprint density at radius 1 is 0.868 bits per heavy atom. The molecule has 1 heterocycles. The van der Waals surface area contributed by atoms with Gasteiger partial charge in [0, 0.05) is 17.8 Å². The molecule has 1 unspecified atom stereocenters. The summed E-state index contributed by atoms with van der Waals surface area (Å²) in [5.74, 6) is -0.624. The number of carbonyl (C=O) groups is 2. The Hall–Kier alpha value is -4.17. The number of ether oxygens (including phenoxy) is 4. The van der Waals surface area contributed by atoms with Gasteiger partial charge in [0.25, 0.3) is 11.7 Å². The molecule has 0 aliphatic carbocycles. The number of aliphatic hydroxyl groups excluding tert-OH is 1. The largest absolute Gasteiger partial charge is 0.507 e. The Morgan fingerprint density at radius 2 is 1.53 bits per heavy atom. The summed E-state index contributed by atoms with van der Waals surface area (Å²) in [6.07, 6.45) is 0. The normalized spacial score (nSPS) is 16.4. The highest BCUT2D eigenvalue weighted by Gasteiger charge is 2.47. The van der Waals surface area contributed by atoms with Crippen LogP contribution in [0.4, 0.5) is 5.69 Å². The van der Waals surface area contributed by atoms with Gasteiger partial charge in [0.2, 0.25) is 0 Å². The second-order valence-corrected chi connectivity index (χ2v) is 8.67. The van der Waals surface area contributed by atoms with Crippen molar-refractivity contribution in [2.75, 3.05) is 32.3 Å². The number of nitrogens with zero attached hydrogens (tertiary/aromatic N) is 1. The minimum absolute atomic E-state index is 0.101. The molecule has 38 heavy (non-hydrogen) atoms. The van der Waals surface area contributed by atoms with Gasteiger partial charge in [-0.1, -0.05) is 41.9 Å². The molecule has 1 N–H and O–H groups in total. The zero-order valence-electron chi connectivity index (χ0n) is 21.5. The van der Waals surface area contributed by atoms with E-state index in [1.807, 2.05) is 19.9 Å². The van der Waals surface area contributed by atoms with Crippen LogP contribution < -0.4 is 23.8 Å². The maximum absolute atomic E-state index is 13.5. The fraction of sp³-hybridized carbons (Fsp3) is 0.241. The van der Waals surface area contributed by atoms with Gasteiger partial charge in [0.15, 0.2) is 11.5 Å². The first-order chi connectivity index (χ1) is 18.4. The lowest BCUT2D eigenvalue weighted by molar-refractivity contribution is -0.132. The van der Waals surface area contributed by atoms with E-state index in [4.69, 9.17) is 30.5 Å². The molecule has 1 aliphatic rings. The van der Waals surface area contributed by atoms with Crippen LogP contribution in [0.3, 0.4) is 0 Å². The maximum Gasteiger partial charge on any atom is 0.300 e. The van der Waals surface area contributed by atoms with Crippen molar-refractivity contribution in [3.05, 3.63) is 82.4 Å². The van der Waals surface area contributed by atoms with Crippen LogP contribution in [0.25, 0.3) is 5.76 Å². The molecule has 1 atom stereocenters. The minimum Gasteiger partial charge on any atom is -0.507 e. The van der Waals surface area contributed by atoms with Crippen LogP contribution in [0.1, 0.15) is 31.0 Å². The lowest BCUT2D eigenvalue weighted by atomic mass is 9.94. The van der Waals surface area contributed by atoms with Crippen molar-refractivity contribution in [2.24, 2.45) is 0 Å². The van der Waals surface area contributed by atoms with Crippen molar-refractivity contribution < 1.29 is 33.6 Å². The van der Waals surface area contributed by atoms with Crippen molar-refractivity contribution in [1.29, 1.82) is 0 Å². The van der Waals surface area contributed by atoms with Crippen molar-refractivity contribution >= 4 is 34.7 Å². The Balaban J connectivity index is 1.96. The molecule has 3 aromatic carbocycles. The van der Waals surface area contributed by atoms with Crippen molar-refractivity contribution in [2.45, 2.75) is 19.9 Å². The minimum atomic E-state index is -0.935. The van der Waals surface area contributed by atoms with E-state index in [1.54, 1.807) is 42.5 Å². The molecule has 1 aliphatic heterocycles. The lowest BCUT2D eigenvalue weighted by Gasteiger charge is -2.26. The number of hydrogen-bond acceptors (Lipinski definition) is 7. The number of methoxy groups -OCH3 is 2. The molecule has 198 valence electrons. The van der Waals surface area contributed by atoms with E-state index in [1.165, 1.54) is 31.3 Å². The second-order valence-electron chi connectivity index (χ2n) is 8.26. The first-order valence-electron chi connectivity index (χ1n) is 12.0. The predicted molar refractivity (Wildman–Crippen MR) is 145 cm³/mol. The number of anilines is 1. The topological polar surface area (TPSA) is 94.5 Å². The van der Waals surface area contributed by atoms with E-state index in [-0.39, 0.29) is 27.7 Å². The predicted octanol–water partition coefficient (Wildman–Crippen LogP) is 5.78. The van der Waals surface area contributed by atoms with E-state index in [2.05, 4.69) is 0 Å². The zero-order chi connectivity index (χ0) is 27.4. The summed E-state index contributed by atoms with van der Waals surface area (Å²) in [7, 11) is 2.85. The number of amides is 1. The molecule has 1 fully saturated rings. The Kier molecular flexibility index (Phi) is 8.12. The number of benzene rings is 3. The zero-order valence-corrected chi connectivity index (χ0v) is 22.2. The highest BCUT2D eigenvalue weighted by Crippen LogP contribution is 2.46. The van der Waals surface area contributed by atoms with Crippen molar-refractivity contribution in [1.82, 2.24) is 0 Å². The quantitative estimate of drug-likeness (QED) is 0.210. The number of ketones is 1. The number of hydrogen-bond donors (Lipinski definition) is 1. The van der Waals surface area contributed by atoms with Crippen molar-refractivity contribution in [3.8, 4) is 23.0 Å². The van der Waals surface area contributed by atoms with Gasteiger partial charge in [-0.05, 0) is 37.6 Å². The van der Waals surface area contributed by atoms with Gasteiger partial charge >= 0.3 is 0 Å². The number of carbonyl (C=O) groups excluding carboxylic acids is 2. The fourth-order valence-electron chi connectivity index (χ4n) is 4.43. The molecule has 0 spiro atoms. The van der Waals surface area contributed by atoms with Crippen LogP contribution in [0, 0.1) is 0 Å². The molecule has 0 bridgehead atoms. The SMILES string of the molecule is CCOc1ccc(N2C(=O)C(=O)/C(=C(/O)c3cc(OC)c(Cl)cc3OC)C2c2ccccc2)cc1OCC. The van der Waals surface area contributed by atoms with E-state index < -0.39 is 23.5 Å². The number of rotatable bonds is 9. The van der Waals surface area contributed by atoms with Gasteiger partial charge < -0.3 is 24.1 Å². The second kappa shape index (κ2) is 11.5. The molecule has 0 aromatic heterocycles. The van der Waals surface area contributed by atoms with Gasteiger partial charge in [-0.15, -0.1) is 0 Å². The molecule has 9 heteroatoms. The summed E-state index contributed by atoms with van der Waals surface area (Å²) < 4.78 is 22.1. The Bertz CT molecular complexity index is 1390. The molecular weight excluding hydrogens is 510 g/mol. The van der Waals surface area contributed by atoms with Gasteiger partial charge in [0.05, 0.1) is 49.6 Å². The molecule has 1 amide bonds. The van der Waals surface area contributed by atoms with E-state index in [0.717, 1.165) is 0 Å². The van der Waals surface area contributed by atoms with Crippen LogP contribution in [-0.2, 0) is 9.59 Å². The summed E-state index contributed by atoms with van der Waals surface area (Å²) in [6, 6.07) is 16.0. The van der Waals surface area contributed by atoms with Gasteiger partial charge in [-0.2, -0.15) is 0 Å². The van der Waals surface area contributed by atoms with Crippen LogP contribution >= 0.6 is 11.6 Å². The molecule has 1 saturated heterocycles. The van der Waals surface area contributed by atoms with Crippen LogP contribution in [-0.4, -0.2) is 44.2 Å². The molecule has 8 nitrogen and oxygen atoms in total. The smallest absolute Gasteiger partial charge is 0.300 e. The Morgan fingerprint density at radius 3 is 2.16 bits per heavy atom. The van der Waals surface area contributed by atoms with Crippen LogP contribution in [0.5, 0.6) is 23.0 Å². The summed E-state index contributed by atoms with van der Waals surface area (Å²) >= 11 is 6.25. The monoisotopic (exact) mass is 537 g/mol. The molecule has 0 saturated carbocycles. The number of halogens is 1. The average molecular weight is 538 g/mol. The Labute approximate surface area is 225 Å². The third-order valence-corrected chi connectivity index (χ3v) is 6.39. The highest BCUT2D eigenvalue weighted by molar-refractivity contribution is 6.51. The maximum atomic E-state index is 13.5. The number of aliphatic hydroxyl groups is 1. The van der Waals surface area contributed by atoms with Gasteiger partial charge in [-0.3, -0.25) is 14.5 Å². The summed E-state index contributed by atoms with van der Waals surface area (Å²) in [6.45, 7) is 4.51.